The average Bonchev–Trinajstić information content (AvgIpc) is 3.60. The summed E-state index contributed by atoms with van der Waals surface area (Å²) < 4.78 is 13.1. The first-order valence-electron chi connectivity index (χ1n) is 13.3. The molecule has 2 heterocycles. The Morgan fingerprint density at radius 3 is 2.67 bits per heavy atom. The van der Waals surface area contributed by atoms with Crippen LogP contribution in [0.3, 0.4) is 0 Å². The van der Waals surface area contributed by atoms with E-state index >= 15 is 0 Å². The molecule has 0 spiro atoms. The molecule has 42 heavy (non-hydrogen) atoms. The molecule has 0 bridgehead atoms. The van der Waals surface area contributed by atoms with Gasteiger partial charge in [-0.05, 0) is 44.5 Å². The number of thiazole rings is 1. The van der Waals surface area contributed by atoms with Gasteiger partial charge in [-0.1, -0.05) is 30.4 Å². The summed E-state index contributed by atoms with van der Waals surface area (Å²) in [6.45, 7) is 7.97. The Hall–Kier alpha value is -4.85. The van der Waals surface area contributed by atoms with Gasteiger partial charge in [-0.3, -0.25) is 4.79 Å². The smallest absolute Gasteiger partial charge is 0.305 e. The molecule has 4 aromatic rings. The Kier molecular flexibility index (Phi) is 9.81. The summed E-state index contributed by atoms with van der Waals surface area (Å²) in [5.41, 5.74) is 3.57. The van der Waals surface area contributed by atoms with Crippen molar-refractivity contribution >= 4 is 50.4 Å². The van der Waals surface area contributed by atoms with Crippen molar-refractivity contribution in [3.63, 3.8) is 0 Å². The van der Waals surface area contributed by atoms with E-state index < -0.39 is 6.10 Å². The third-order valence-corrected chi connectivity index (χ3v) is 7.24. The monoisotopic (exact) mass is 585 g/mol. The zero-order valence-electron chi connectivity index (χ0n) is 24.0. The van der Waals surface area contributed by atoms with E-state index in [1.807, 2.05) is 31.2 Å². The number of methoxy groups -OCH3 is 1. The highest BCUT2D eigenvalue weighted by atomic mass is 32.1. The van der Waals surface area contributed by atoms with E-state index in [9.17, 15) is 15.3 Å². The molecule has 2 atom stereocenters. The molecule has 2 aromatic heterocycles. The first kappa shape index (κ1) is 30.1. The zero-order chi connectivity index (χ0) is 30.2. The van der Waals surface area contributed by atoms with E-state index in [1.165, 1.54) is 16.0 Å². The molecule has 0 saturated carbocycles. The predicted octanol–water partition coefficient (Wildman–Crippen LogP) is 6.15. The molecule has 0 saturated heterocycles. The fourth-order valence-electron chi connectivity index (χ4n) is 4.16. The van der Waals surface area contributed by atoms with Crippen LogP contribution in [0, 0.1) is 29.6 Å². The van der Waals surface area contributed by atoms with Crippen molar-refractivity contribution < 1.29 is 14.3 Å². The number of anilines is 2. The van der Waals surface area contributed by atoms with Gasteiger partial charge in [0.1, 0.15) is 29.5 Å². The molecule has 13 heteroatoms. The van der Waals surface area contributed by atoms with Crippen molar-refractivity contribution in [2.24, 2.45) is 10.2 Å². The lowest BCUT2D eigenvalue weighted by Gasteiger charge is -2.21. The van der Waals surface area contributed by atoms with Gasteiger partial charge in [0.25, 0.3) is 0 Å². The molecule has 2 aromatic carbocycles. The second kappa shape index (κ2) is 13.7. The second-order valence-electron chi connectivity index (χ2n) is 9.55. The standard InChI is InChI=1S/C29H31N9O3S/c1-6-26(39)41-18(3)14-32-23-11-24(33-17(2)16-40-5)27(19(4)21(23)13-31)35-36-28-20(12-30)15-38(37-28)29-34-22-9-7-8-10-25(22)42-29/h7-11,15,17-18,32-33H,6,14,16H2,1-5H3. The predicted molar refractivity (Wildman–Crippen MR) is 161 cm³/mol. The quantitative estimate of drug-likeness (QED) is 0.147. The Balaban J connectivity index is 1.70. The van der Waals surface area contributed by atoms with Crippen molar-refractivity contribution in [1.29, 1.82) is 10.5 Å². The lowest BCUT2D eigenvalue weighted by atomic mass is 10.0. The minimum atomic E-state index is -0.401. The Morgan fingerprint density at radius 2 is 1.98 bits per heavy atom. The van der Waals surface area contributed by atoms with Gasteiger partial charge < -0.3 is 20.1 Å². The number of carbonyl (C=O) groups excluding carboxylic acids is 1. The molecule has 2 unspecified atom stereocenters. The van der Waals surface area contributed by atoms with E-state index in [4.69, 9.17) is 9.47 Å². The molecule has 4 rings (SSSR count). The maximum Gasteiger partial charge on any atom is 0.305 e. The molecule has 216 valence electrons. The van der Waals surface area contributed by atoms with Gasteiger partial charge in [0.15, 0.2) is 0 Å². The van der Waals surface area contributed by atoms with Gasteiger partial charge in [-0.15, -0.1) is 15.3 Å². The first-order chi connectivity index (χ1) is 20.3. The molecule has 0 fully saturated rings. The first-order valence-corrected chi connectivity index (χ1v) is 14.1. The lowest BCUT2D eigenvalue weighted by molar-refractivity contribution is -0.147. The molecule has 12 nitrogen and oxygen atoms in total. The maximum atomic E-state index is 11.7. The van der Waals surface area contributed by atoms with Gasteiger partial charge in [-0.25, -0.2) is 9.67 Å². The van der Waals surface area contributed by atoms with Crippen molar-refractivity contribution in [2.45, 2.75) is 46.3 Å². The van der Waals surface area contributed by atoms with Crippen LogP contribution in [0.4, 0.5) is 22.9 Å². The number of carbonyl (C=O) groups is 1. The normalized spacial score (nSPS) is 12.5. The van der Waals surface area contributed by atoms with E-state index in [-0.39, 0.29) is 29.8 Å². The van der Waals surface area contributed by atoms with E-state index in [1.54, 1.807) is 40.1 Å². The summed E-state index contributed by atoms with van der Waals surface area (Å²) in [5, 5.41) is 40.3. The van der Waals surface area contributed by atoms with Gasteiger partial charge in [0.05, 0.1) is 46.5 Å². The number of hydrogen-bond acceptors (Lipinski definition) is 12. The van der Waals surface area contributed by atoms with Crippen LogP contribution in [0.25, 0.3) is 15.3 Å². The molecular weight excluding hydrogens is 554 g/mol. The van der Waals surface area contributed by atoms with Crippen LogP contribution in [0.15, 0.2) is 46.8 Å². The summed E-state index contributed by atoms with van der Waals surface area (Å²) in [6.07, 6.45) is 1.45. The van der Waals surface area contributed by atoms with E-state index in [0.717, 1.165) is 10.2 Å². The van der Waals surface area contributed by atoms with Crippen molar-refractivity contribution in [1.82, 2.24) is 14.8 Å². The fourth-order valence-corrected chi connectivity index (χ4v) is 5.05. The Bertz CT molecular complexity index is 1660. The molecule has 0 aliphatic rings. The van der Waals surface area contributed by atoms with Crippen LogP contribution in [0.5, 0.6) is 0 Å². The van der Waals surface area contributed by atoms with Crippen LogP contribution >= 0.6 is 11.3 Å². The third kappa shape index (κ3) is 6.89. The molecule has 0 aliphatic heterocycles. The number of nitriles is 2. The van der Waals surface area contributed by atoms with E-state index in [2.05, 4.69) is 43.1 Å². The highest BCUT2D eigenvalue weighted by molar-refractivity contribution is 7.20. The highest BCUT2D eigenvalue weighted by Crippen LogP contribution is 2.38. The lowest BCUT2D eigenvalue weighted by Crippen LogP contribution is -2.24. The van der Waals surface area contributed by atoms with Crippen molar-refractivity contribution in [2.75, 3.05) is 30.9 Å². The molecule has 0 amide bonds. The molecule has 0 radical (unpaired) electrons. The molecular formula is C29H31N9O3S. The number of nitrogens with one attached hydrogen (secondary N) is 2. The number of benzene rings is 2. The van der Waals surface area contributed by atoms with Crippen LogP contribution in [0.2, 0.25) is 0 Å². The van der Waals surface area contributed by atoms with Crippen LogP contribution in [0.1, 0.15) is 43.9 Å². The summed E-state index contributed by atoms with van der Waals surface area (Å²) in [6, 6.07) is 13.8. The van der Waals surface area contributed by atoms with Gasteiger partial charge in [-0.2, -0.15) is 10.5 Å². The van der Waals surface area contributed by atoms with Gasteiger partial charge in [0, 0.05) is 19.6 Å². The number of nitrogens with zero attached hydrogens (tertiary/aromatic N) is 7. The van der Waals surface area contributed by atoms with Gasteiger partial charge in [0.2, 0.25) is 10.9 Å². The topological polar surface area (TPSA) is 163 Å². The molecule has 0 aliphatic carbocycles. The number of esters is 1. The minimum Gasteiger partial charge on any atom is -0.461 e. The number of ether oxygens (including phenoxy) is 2. The van der Waals surface area contributed by atoms with Crippen LogP contribution in [-0.2, 0) is 14.3 Å². The largest absolute Gasteiger partial charge is 0.461 e. The summed E-state index contributed by atoms with van der Waals surface area (Å²) in [4.78, 5) is 16.3. The van der Waals surface area contributed by atoms with Crippen molar-refractivity contribution in [3.8, 4) is 17.3 Å². The van der Waals surface area contributed by atoms with Gasteiger partial charge >= 0.3 is 5.97 Å². The second-order valence-corrected chi connectivity index (χ2v) is 10.6. The highest BCUT2D eigenvalue weighted by Gasteiger charge is 2.19. The Labute approximate surface area is 247 Å². The Morgan fingerprint density at radius 1 is 1.19 bits per heavy atom. The van der Waals surface area contributed by atoms with Crippen LogP contribution < -0.4 is 10.6 Å². The van der Waals surface area contributed by atoms with Crippen molar-refractivity contribution in [3.05, 3.63) is 53.2 Å². The number of para-hydroxylation sites is 1. The number of azo groups is 1. The van der Waals surface area contributed by atoms with E-state index in [0.29, 0.717) is 46.5 Å². The average molecular weight is 586 g/mol. The summed E-state index contributed by atoms with van der Waals surface area (Å²) in [5.74, 6) is -0.172. The number of fused-ring (bicyclic) bond motifs is 1. The molecule has 2 N–H and O–H groups in total. The number of hydrogen-bond donors (Lipinski definition) is 2. The zero-order valence-corrected chi connectivity index (χ0v) is 24.8. The maximum absolute atomic E-state index is 11.7. The number of aromatic nitrogens is 3. The SMILES string of the molecule is CCC(=O)OC(C)CNc1cc(NC(C)COC)c(N=Nc2nn(-c3nc4ccccc4s3)cc2C#N)c(C)c1C#N. The fraction of sp³-hybridized carbons (Fsp3) is 0.345. The third-order valence-electron chi connectivity index (χ3n) is 6.21. The summed E-state index contributed by atoms with van der Waals surface area (Å²) in [7, 11) is 1.61. The summed E-state index contributed by atoms with van der Waals surface area (Å²) >= 11 is 1.45. The minimum absolute atomic E-state index is 0.0959. The van der Waals surface area contributed by atoms with Crippen LogP contribution in [-0.4, -0.2) is 53.1 Å². The number of rotatable bonds is 12.